The second kappa shape index (κ2) is 8.68. The summed E-state index contributed by atoms with van der Waals surface area (Å²) in [6.45, 7) is 1.24. The van der Waals surface area contributed by atoms with Gasteiger partial charge in [0.2, 0.25) is 11.8 Å². The van der Waals surface area contributed by atoms with E-state index >= 15 is 0 Å². The monoisotopic (exact) mass is 379 g/mol. The summed E-state index contributed by atoms with van der Waals surface area (Å²) in [5.41, 5.74) is 3.55. The average molecular weight is 379 g/mol. The summed E-state index contributed by atoms with van der Waals surface area (Å²) in [5, 5.41) is 2.40. The summed E-state index contributed by atoms with van der Waals surface area (Å²) in [7, 11) is 0. The Hall–Kier alpha value is -2.87. The molecule has 0 bridgehead atoms. The van der Waals surface area contributed by atoms with Crippen molar-refractivity contribution in [2.24, 2.45) is 5.84 Å². The molecule has 0 unspecified atom stereocenters. The lowest BCUT2D eigenvalue weighted by atomic mass is 10.00. The molecule has 0 aliphatic heterocycles. The number of halogens is 3. The highest BCUT2D eigenvalue weighted by Crippen LogP contribution is 2.32. The summed E-state index contributed by atoms with van der Waals surface area (Å²) >= 11 is 0. The smallest absolute Gasteiger partial charge is 0.326 e. The van der Waals surface area contributed by atoms with Crippen LogP contribution in [-0.4, -0.2) is 11.8 Å². The number of hydrogen-bond acceptors (Lipinski definition) is 3. The summed E-state index contributed by atoms with van der Waals surface area (Å²) in [5.74, 6) is 4.30. The number of aryl methyl sites for hydroxylation is 2. The number of amides is 2. The van der Waals surface area contributed by atoms with Crippen molar-refractivity contribution in [1.29, 1.82) is 0 Å². The normalized spacial score (nSPS) is 11.1. The van der Waals surface area contributed by atoms with Crippen LogP contribution in [0.3, 0.4) is 0 Å². The lowest BCUT2D eigenvalue weighted by molar-refractivity contribution is -0.137. The van der Waals surface area contributed by atoms with Gasteiger partial charge in [-0.1, -0.05) is 24.3 Å². The van der Waals surface area contributed by atoms with Crippen molar-refractivity contribution in [3.05, 3.63) is 64.7 Å². The first-order chi connectivity index (χ1) is 12.7. The minimum absolute atomic E-state index is 0.121. The molecule has 0 fully saturated rings. The number of carbonyl (C=O) groups excluding carboxylic acids is 2. The van der Waals surface area contributed by atoms with Crippen LogP contribution in [0.1, 0.15) is 29.2 Å². The Morgan fingerprint density at radius 3 is 2.11 bits per heavy atom. The maximum atomic E-state index is 13.1. The number of alkyl halides is 3. The van der Waals surface area contributed by atoms with Crippen LogP contribution in [0.2, 0.25) is 0 Å². The third kappa shape index (κ3) is 6.41. The van der Waals surface area contributed by atoms with E-state index in [2.05, 4.69) is 10.7 Å². The van der Waals surface area contributed by atoms with Crippen molar-refractivity contribution in [1.82, 2.24) is 5.43 Å². The van der Waals surface area contributed by atoms with Crippen molar-refractivity contribution in [3.8, 4) is 0 Å². The predicted octanol–water partition coefficient (Wildman–Crippen LogP) is 2.98. The van der Waals surface area contributed by atoms with E-state index in [9.17, 15) is 22.8 Å². The fourth-order valence-corrected chi connectivity index (χ4v) is 2.62. The summed E-state index contributed by atoms with van der Waals surface area (Å²) in [6.07, 6.45) is -3.44. The van der Waals surface area contributed by atoms with Gasteiger partial charge in [-0.2, -0.15) is 13.2 Å². The number of nitrogens with two attached hydrogens (primary N) is 1. The average Bonchev–Trinajstić information content (AvgIpc) is 2.59. The van der Waals surface area contributed by atoms with Crippen molar-refractivity contribution < 1.29 is 22.8 Å². The first-order valence-corrected chi connectivity index (χ1v) is 8.23. The van der Waals surface area contributed by atoms with Gasteiger partial charge in [0.15, 0.2) is 0 Å². The van der Waals surface area contributed by atoms with E-state index in [1.807, 2.05) is 12.1 Å². The summed E-state index contributed by atoms with van der Waals surface area (Å²) in [6, 6.07) is 10.7. The number of anilines is 1. The van der Waals surface area contributed by atoms with Crippen molar-refractivity contribution in [2.75, 3.05) is 5.32 Å². The fourth-order valence-electron chi connectivity index (χ4n) is 2.62. The van der Waals surface area contributed by atoms with Crippen LogP contribution in [-0.2, 0) is 35.0 Å². The van der Waals surface area contributed by atoms with Gasteiger partial charge < -0.3 is 5.32 Å². The van der Waals surface area contributed by atoms with E-state index < -0.39 is 17.6 Å². The molecular formula is C19H20F3N3O2. The molecule has 27 heavy (non-hydrogen) atoms. The topological polar surface area (TPSA) is 84.2 Å². The van der Waals surface area contributed by atoms with Gasteiger partial charge in [0.05, 0.1) is 12.0 Å². The Kier molecular flexibility index (Phi) is 6.57. The minimum atomic E-state index is -4.49. The molecular weight excluding hydrogens is 359 g/mol. The van der Waals surface area contributed by atoms with Crippen molar-refractivity contribution in [3.63, 3.8) is 0 Å². The standard InChI is InChI=1S/C19H20F3N3O2/c1-12(26)24-17-9-15(8-16(11-17)19(20,21)22)7-4-13-2-5-14(6-3-13)10-18(27)25-23/h2-3,5-6,8-9,11H,4,7,10,23H2,1H3,(H,24,26)(H,25,27). The zero-order valence-electron chi connectivity index (χ0n) is 14.7. The molecule has 2 rings (SSSR count). The molecule has 2 aromatic carbocycles. The van der Waals surface area contributed by atoms with E-state index in [4.69, 9.17) is 5.84 Å². The third-order valence-electron chi connectivity index (χ3n) is 3.89. The largest absolute Gasteiger partial charge is 0.416 e. The number of hydrogen-bond donors (Lipinski definition) is 3. The van der Waals surface area contributed by atoms with Crippen LogP contribution in [0.25, 0.3) is 0 Å². The molecule has 0 aromatic heterocycles. The minimum Gasteiger partial charge on any atom is -0.326 e. The van der Waals surface area contributed by atoms with Gasteiger partial charge in [-0.25, -0.2) is 5.84 Å². The predicted molar refractivity (Wildman–Crippen MR) is 95.6 cm³/mol. The van der Waals surface area contributed by atoms with E-state index in [0.29, 0.717) is 18.4 Å². The molecule has 0 spiro atoms. The maximum absolute atomic E-state index is 13.1. The molecule has 0 aliphatic carbocycles. The zero-order chi connectivity index (χ0) is 20.0. The van der Waals surface area contributed by atoms with Crippen LogP contribution in [0.15, 0.2) is 42.5 Å². The van der Waals surface area contributed by atoms with Gasteiger partial charge in [-0.3, -0.25) is 15.0 Å². The Morgan fingerprint density at radius 2 is 1.56 bits per heavy atom. The highest BCUT2D eigenvalue weighted by atomic mass is 19.4. The van der Waals surface area contributed by atoms with Crippen molar-refractivity contribution >= 4 is 17.5 Å². The molecule has 8 heteroatoms. The van der Waals surface area contributed by atoms with E-state index in [0.717, 1.165) is 23.3 Å². The van der Waals surface area contributed by atoms with Crippen LogP contribution >= 0.6 is 0 Å². The molecule has 2 aromatic rings. The second-order valence-corrected chi connectivity index (χ2v) is 6.16. The molecule has 0 heterocycles. The van der Waals surface area contributed by atoms with Gasteiger partial charge in [-0.15, -0.1) is 0 Å². The van der Waals surface area contributed by atoms with Gasteiger partial charge in [0, 0.05) is 12.6 Å². The molecule has 5 nitrogen and oxygen atoms in total. The summed E-state index contributed by atoms with van der Waals surface area (Å²) in [4.78, 5) is 22.4. The van der Waals surface area contributed by atoms with E-state index in [1.165, 1.54) is 13.0 Å². The molecule has 0 saturated heterocycles. The Bertz CT molecular complexity index is 818. The second-order valence-electron chi connectivity index (χ2n) is 6.16. The molecule has 0 aliphatic rings. The number of hydrazine groups is 1. The number of nitrogens with one attached hydrogen (secondary N) is 2. The highest BCUT2D eigenvalue weighted by Gasteiger charge is 2.31. The van der Waals surface area contributed by atoms with E-state index in [1.54, 1.807) is 12.1 Å². The summed E-state index contributed by atoms with van der Waals surface area (Å²) < 4.78 is 39.2. The van der Waals surface area contributed by atoms with Crippen molar-refractivity contribution in [2.45, 2.75) is 32.4 Å². The third-order valence-corrected chi connectivity index (χ3v) is 3.89. The van der Waals surface area contributed by atoms with Crippen LogP contribution in [0.4, 0.5) is 18.9 Å². The molecule has 4 N–H and O–H groups in total. The zero-order valence-corrected chi connectivity index (χ0v) is 14.7. The quantitative estimate of drug-likeness (QED) is 0.410. The highest BCUT2D eigenvalue weighted by molar-refractivity contribution is 5.88. The molecule has 0 radical (unpaired) electrons. The van der Waals surface area contributed by atoms with Crippen LogP contribution < -0.4 is 16.6 Å². The number of carbonyl (C=O) groups is 2. The first-order valence-electron chi connectivity index (χ1n) is 8.23. The first kappa shape index (κ1) is 20.4. The Morgan fingerprint density at radius 1 is 0.963 bits per heavy atom. The Labute approximate surface area is 154 Å². The molecule has 2 amide bonds. The number of rotatable bonds is 6. The fraction of sp³-hybridized carbons (Fsp3) is 0.263. The van der Waals surface area contributed by atoms with Gasteiger partial charge in [0.1, 0.15) is 0 Å². The van der Waals surface area contributed by atoms with Crippen LogP contribution in [0, 0.1) is 0 Å². The Balaban J connectivity index is 2.12. The lowest BCUT2D eigenvalue weighted by Crippen LogP contribution is -2.31. The van der Waals surface area contributed by atoms with E-state index in [-0.39, 0.29) is 18.0 Å². The van der Waals surface area contributed by atoms with Gasteiger partial charge in [-0.05, 0) is 47.7 Å². The SMILES string of the molecule is CC(=O)Nc1cc(CCc2ccc(CC(=O)NN)cc2)cc(C(F)(F)F)c1. The van der Waals surface area contributed by atoms with Gasteiger partial charge in [0.25, 0.3) is 0 Å². The molecule has 144 valence electrons. The van der Waals surface area contributed by atoms with Crippen LogP contribution in [0.5, 0.6) is 0 Å². The maximum Gasteiger partial charge on any atom is 0.416 e. The lowest BCUT2D eigenvalue weighted by Gasteiger charge is -2.13. The van der Waals surface area contributed by atoms with Gasteiger partial charge >= 0.3 is 6.18 Å². The number of benzene rings is 2. The molecule has 0 atom stereocenters. The molecule has 0 saturated carbocycles.